The molecule has 0 fully saturated rings. The molecular formula is C16H24O2S. The summed E-state index contributed by atoms with van der Waals surface area (Å²) in [5.41, 5.74) is 1.15. The SMILES string of the molecule is CCCC/C=C(\[C@H](O)CC)[S@@](=O)c1ccc(C)cc1. The highest BCUT2D eigenvalue weighted by Crippen LogP contribution is 2.21. The lowest BCUT2D eigenvalue weighted by Crippen LogP contribution is -2.13. The van der Waals surface area contributed by atoms with E-state index in [9.17, 15) is 9.32 Å². The fourth-order valence-corrected chi connectivity index (χ4v) is 3.12. The Labute approximate surface area is 119 Å². The van der Waals surface area contributed by atoms with Gasteiger partial charge < -0.3 is 5.11 Å². The molecule has 0 saturated heterocycles. The highest BCUT2D eigenvalue weighted by atomic mass is 32.2. The van der Waals surface area contributed by atoms with Gasteiger partial charge in [0, 0.05) is 9.80 Å². The maximum Gasteiger partial charge on any atom is 0.0871 e. The van der Waals surface area contributed by atoms with Crippen molar-refractivity contribution in [2.45, 2.75) is 57.5 Å². The molecule has 1 rings (SSSR count). The van der Waals surface area contributed by atoms with Crippen LogP contribution in [0.15, 0.2) is 40.1 Å². The molecule has 1 N–H and O–H groups in total. The zero-order valence-corrected chi connectivity index (χ0v) is 12.9. The van der Waals surface area contributed by atoms with Crippen LogP contribution in [0.1, 0.15) is 45.1 Å². The average molecular weight is 280 g/mol. The fourth-order valence-electron chi connectivity index (χ4n) is 1.78. The summed E-state index contributed by atoms with van der Waals surface area (Å²) in [5, 5.41) is 10.0. The van der Waals surface area contributed by atoms with Gasteiger partial charge in [0.2, 0.25) is 0 Å². The van der Waals surface area contributed by atoms with Gasteiger partial charge in [0.15, 0.2) is 0 Å². The highest BCUT2D eigenvalue weighted by Gasteiger charge is 2.17. The molecule has 0 radical (unpaired) electrons. The molecular weight excluding hydrogens is 256 g/mol. The molecule has 0 saturated carbocycles. The maximum absolute atomic E-state index is 12.5. The van der Waals surface area contributed by atoms with Crippen molar-refractivity contribution in [1.82, 2.24) is 0 Å². The van der Waals surface area contributed by atoms with Crippen molar-refractivity contribution in [3.05, 3.63) is 40.8 Å². The molecule has 0 spiro atoms. The van der Waals surface area contributed by atoms with Crippen LogP contribution >= 0.6 is 0 Å². The van der Waals surface area contributed by atoms with E-state index >= 15 is 0 Å². The predicted molar refractivity (Wildman–Crippen MR) is 81.5 cm³/mol. The first-order valence-electron chi connectivity index (χ1n) is 6.96. The van der Waals surface area contributed by atoms with E-state index in [4.69, 9.17) is 0 Å². The summed E-state index contributed by atoms with van der Waals surface area (Å²) in [4.78, 5) is 1.42. The van der Waals surface area contributed by atoms with Gasteiger partial charge in [-0.15, -0.1) is 0 Å². The standard InChI is InChI=1S/C16H24O2S/c1-4-6-7-8-16(15(17)5-2)19(18)14-11-9-13(3)10-12-14/h8-12,15,17H,4-7H2,1-3H3/b16-8+/t15-,19+/m1/s1. The second-order valence-corrected chi connectivity index (χ2v) is 6.23. The molecule has 106 valence electrons. The first kappa shape index (κ1) is 16.1. The number of aryl methyl sites for hydroxylation is 1. The Kier molecular flexibility index (Phi) is 7.03. The zero-order chi connectivity index (χ0) is 14.3. The van der Waals surface area contributed by atoms with Crippen molar-refractivity contribution in [3.63, 3.8) is 0 Å². The third-order valence-electron chi connectivity index (χ3n) is 3.07. The van der Waals surface area contributed by atoms with Gasteiger partial charge in [0.25, 0.3) is 0 Å². The first-order chi connectivity index (χ1) is 9.10. The monoisotopic (exact) mass is 280 g/mol. The Bertz CT molecular complexity index is 435. The van der Waals surface area contributed by atoms with Crippen LogP contribution in [0.5, 0.6) is 0 Å². The van der Waals surface area contributed by atoms with Crippen molar-refractivity contribution in [1.29, 1.82) is 0 Å². The lowest BCUT2D eigenvalue weighted by Gasteiger charge is -2.13. The lowest BCUT2D eigenvalue weighted by molar-refractivity contribution is 0.214. The molecule has 0 aliphatic rings. The van der Waals surface area contributed by atoms with E-state index in [0.29, 0.717) is 11.3 Å². The Hall–Kier alpha value is -0.930. The Morgan fingerprint density at radius 3 is 2.47 bits per heavy atom. The first-order valence-corrected chi connectivity index (χ1v) is 8.11. The largest absolute Gasteiger partial charge is 0.388 e. The molecule has 0 aliphatic carbocycles. The summed E-state index contributed by atoms with van der Waals surface area (Å²) in [5.74, 6) is 0. The molecule has 19 heavy (non-hydrogen) atoms. The van der Waals surface area contributed by atoms with Crippen LogP contribution in [0.25, 0.3) is 0 Å². The van der Waals surface area contributed by atoms with Crippen molar-refractivity contribution >= 4 is 10.8 Å². The van der Waals surface area contributed by atoms with Crippen LogP contribution in [0.2, 0.25) is 0 Å². The van der Waals surface area contributed by atoms with Gasteiger partial charge in [-0.05, 0) is 31.9 Å². The molecule has 0 bridgehead atoms. The molecule has 0 aromatic heterocycles. The quantitative estimate of drug-likeness (QED) is 0.768. The number of rotatable bonds is 7. The molecule has 1 aromatic rings. The number of unbranched alkanes of at least 4 members (excludes halogenated alkanes) is 2. The predicted octanol–water partition coefficient (Wildman–Crippen LogP) is 3.95. The van der Waals surface area contributed by atoms with Gasteiger partial charge in [0.1, 0.15) is 0 Å². The average Bonchev–Trinajstić information content (AvgIpc) is 2.43. The smallest absolute Gasteiger partial charge is 0.0871 e. The molecule has 0 aliphatic heterocycles. The zero-order valence-electron chi connectivity index (χ0n) is 12.1. The third-order valence-corrected chi connectivity index (χ3v) is 4.63. The lowest BCUT2D eigenvalue weighted by atomic mass is 10.2. The summed E-state index contributed by atoms with van der Waals surface area (Å²) in [6, 6.07) is 7.66. The molecule has 2 nitrogen and oxygen atoms in total. The van der Waals surface area contributed by atoms with Crippen LogP contribution in [-0.2, 0) is 10.8 Å². The number of hydrogen-bond acceptors (Lipinski definition) is 2. The van der Waals surface area contributed by atoms with Gasteiger partial charge in [-0.1, -0.05) is 50.5 Å². The number of aliphatic hydroxyl groups excluding tert-OH is 1. The van der Waals surface area contributed by atoms with E-state index in [-0.39, 0.29) is 0 Å². The number of hydrogen-bond donors (Lipinski definition) is 1. The minimum atomic E-state index is -1.25. The molecule has 0 amide bonds. The van der Waals surface area contributed by atoms with E-state index in [2.05, 4.69) is 6.92 Å². The van der Waals surface area contributed by atoms with E-state index in [1.807, 2.05) is 44.2 Å². The van der Waals surface area contributed by atoms with Crippen molar-refractivity contribution < 1.29 is 9.32 Å². The summed E-state index contributed by atoms with van der Waals surface area (Å²) in [7, 11) is -1.25. The van der Waals surface area contributed by atoms with Crippen molar-refractivity contribution in [3.8, 4) is 0 Å². The van der Waals surface area contributed by atoms with E-state index < -0.39 is 16.9 Å². The van der Waals surface area contributed by atoms with Gasteiger partial charge in [-0.2, -0.15) is 0 Å². The summed E-state index contributed by atoms with van der Waals surface area (Å²) >= 11 is 0. The Morgan fingerprint density at radius 1 is 1.32 bits per heavy atom. The number of aliphatic hydroxyl groups is 1. The number of benzene rings is 1. The maximum atomic E-state index is 12.5. The normalized spacial score (nSPS) is 15.3. The van der Waals surface area contributed by atoms with Crippen LogP contribution in [0, 0.1) is 6.92 Å². The van der Waals surface area contributed by atoms with Crippen LogP contribution in [0.3, 0.4) is 0 Å². The van der Waals surface area contributed by atoms with E-state index in [1.165, 1.54) is 0 Å². The minimum Gasteiger partial charge on any atom is -0.388 e. The van der Waals surface area contributed by atoms with Gasteiger partial charge in [-0.25, -0.2) is 4.21 Å². The number of allylic oxidation sites excluding steroid dienone is 1. The van der Waals surface area contributed by atoms with Gasteiger partial charge in [-0.3, -0.25) is 0 Å². The van der Waals surface area contributed by atoms with Gasteiger partial charge >= 0.3 is 0 Å². The molecule has 1 aromatic carbocycles. The molecule has 0 heterocycles. The second kappa shape index (κ2) is 8.28. The molecule has 0 unspecified atom stereocenters. The van der Waals surface area contributed by atoms with Gasteiger partial charge in [0.05, 0.1) is 16.9 Å². The topological polar surface area (TPSA) is 37.3 Å². The molecule has 2 atom stereocenters. The summed E-state index contributed by atoms with van der Waals surface area (Å²) in [6.45, 7) is 6.04. The summed E-state index contributed by atoms with van der Waals surface area (Å²) < 4.78 is 12.5. The van der Waals surface area contributed by atoms with E-state index in [1.54, 1.807) is 0 Å². The third kappa shape index (κ3) is 4.92. The van der Waals surface area contributed by atoms with Crippen molar-refractivity contribution in [2.24, 2.45) is 0 Å². The van der Waals surface area contributed by atoms with Crippen LogP contribution in [0.4, 0.5) is 0 Å². The summed E-state index contributed by atoms with van der Waals surface area (Å²) in [6.07, 6.45) is 4.97. The highest BCUT2D eigenvalue weighted by molar-refractivity contribution is 7.89. The van der Waals surface area contributed by atoms with Crippen molar-refractivity contribution in [2.75, 3.05) is 0 Å². The second-order valence-electron chi connectivity index (χ2n) is 4.75. The fraction of sp³-hybridized carbons (Fsp3) is 0.500. The van der Waals surface area contributed by atoms with Crippen LogP contribution in [-0.4, -0.2) is 15.4 Å². The Morgan fingerprint density at radius 2 is 1.95 bits per heavy atom. The Balaban J connectivity index is 2.93. The molecule has 3 heteroatoms. The van der Waals surface area contributed by atoms with E-state index in [0.717, 1.165) is 29.7 Å². The van der Waals surface area contributed by atoms with Crippen LogP contribution < -0.4 is 0 Å². The minimum absolute atomic E-state index is 0.593.